The Morgan fingerprint density at radius 3 is 2.58 bits per heavy atom. The highest BCUT2D eigenvalue weighted by molar-refractivity contribution is 8.13. The van der Waals surface area contributed by atoms with E-state index in [0.717, 1.165) is 6.07 Å². The van der Waals surface area contributed by atoms with Crippen molar-refractivity contribution in [2.45, 2.75) is 11.8 Å². The van der Waals surface area contributed by atoms with Crippen LogP contribution in [-0.4, -0.2) is 19.9 Å². The van der Waals surface area contributed by atoms with Crippen molar-refractivity contribution in [2.24, 2.45) is 0 Å². The van der Waals surface area contributed by atoms with Crippen molar-refractivity contribution in [2.75, 3.05) is 6.61 Å². The Balaban J connectivity index is 3.40. The summed E-state index contributed by atoms with van der Waals surface area (Å²) in [5.74, 6) is -0.0321. The van der Waals surface area contributed by atoms with E-state index in [2.05, 4.69) is 0 Å². The molecule has 0 aliphatic carbocycles. The highest BCUT2D eigenvalue weighted by Crippen LogP contribution is 2.34. The molecule has 0 aliphatic heterocycles. The van der Waals surface area contributed by atoms with Gasteiger partial charge < -0.3 is 4.74 Å². The molecule has 0 saturated carbocycles. The van der Waals surface area contributed by atoms with Crippen LogP contribution in [-0.2, 0) is 9.05 Å². The molecule has 1 rings (SSSR count). The Morgan fingerprint density at radius 2 is 2.11 bits per heavy atom. The number of ether oxygens (including phenoxy) is 1. The van der Waals surface area contributed by atoms with Crippen LogP contribution >= 0.6 is 22.3 Å². The van der Waals surface area contributed by atoms with Gasteiger partial charge in [-0.25, -0.2) is 8.42 Å². The molecule has 0 fully saturated rings. The first kappa shape index (κ1) is 15.7. The molecule has 0 spiro atoms. The van der Waals surface area contributed by atoms with E-state index in [-0.39, 0.29) is 23.6 Å². The van der Waals surface area contributed by atoms with Crippen LogP contribution in [0.1, 0.15) is 5.56 Å². The van der Waals surface area contributed by atoms with Gasteiger partial charge in [0.25, 0.3) is 14.7 Å². The van der Waals surface area contributed by atoms with Gasteiger partial charge in [-0.3, -0.25) is 10.1 Å². The zero-order chi connectivity index (χ0) is 14.6. The Labute approximate surface area is 119 Å². The molecule has 9 heteroatoms. The number of hydrogen-bond acceptors (Lipinski definition) is 5. The first-order valence-electron chi connectivity index (χ1n) is 4.89. The molecule has 0 saturated heterocycles. The van der Waals surface area contributed by atoms with Gasteiger partial charge >= 0.3 is 0 Å². The van der Waals surface area contributed by atoms with Crippen molar-refractivity contribution >= 4 is 37.0 Å². The standard InChI is InChI=1S/C10H9Cl2NO5S/c1-7-5-8(13(14)15)6-9(19(12,16)17)10(7)18-4-2-3-11/h2-3,5-6H,4H2,1H3/b3-2+. The average molecular weight is 326 g/mol. The summed E-state index contributed by atoms with van der Waals surface area (Å²) in [6.07, 6.45) is 1.44. The molecule has 0 atom stereocenters. The van der Waals surface area contributed by atoms with Crippen LogP contribution in [0.15, 0.2) is 28.6 Å². The van der Waals surface area contributed by atoms with Crippen molar-refractivity contribution in [1.29, 1.82) is 0 Å². The smallest absolute Gasteiger partial charge is 0.271 e. The Morgan fingerprint density at radius 1 is 1.47 bits per heavy atom. The average Bonchev–Trinajstić information content (AvgIpc) is 2.29. The largest absolute Gasteiger partial charge is 0.488 e. The second-order valence-corrected chi connectivity index (χ2v) is 6.24. The van der Waals surface area contributed by atoms with E-state index in [1.54, 1.807) is 0 Å². The van der Waals surface area contributed by atoms with Crippen LogP contribution in [0.3, 0.4) is 0 Å². The van der Waals surface area contributed by atoms with E-state index in [1.807, 2.05) is 0 Å². The van der Waals surface area contributed by atoms with E-state index in [4.69, 9.17) is 27.0 Å². The lowest BCUT2D eigenvalue weighted by molar-refractivity contribution is -0.385. The summed E-state index contributed by atoms with van der Waals surface area (Å²) in [6, 6.07) is 2.06. The third-order valence-corrected chi connectivity index (χ3v) is 3.62. The summed E-state index contributed by atoms with van der Waals surface area (Å²) in [6.45, 7) is 1.50. The molecule has 0 aromatic heterocycles. The van der Waals surface area contributed by atoms with E-state index >= 15 is 0 Å². The van der Waals surface area contributed by atoms with Crippen LogP contribution in [0.2, 0.25) is 0 Å². The molecule has 1 aromatic rings. The van der Waals surface area contributed by atoms with Crippen LogP contribution in [0.4, 0.5) is 5.69 Å². The van der Waals surface area contributed by atoms with Crippen LogP contribution in [0, 0.1) is 17.0 Å². The van der Waals surface area contributed by atoms with Gasteiger partial charge in [-0.15, -0.1) is 0 Å². The number of nitrogens with zero attached hydrogens (tertiary/aromatic N) is 1. The molecule has 0 radical (unpaired) electrons. The van der Waals surface area contributed by atoms with Gasteiger partial charge in [0, 0.05) is 28.4 Å². The molecule has 6 nitrogen and oxygen atoms in total. The summed E-state index contributed by atoms with van der Waals surface area (Å²) in [5.41, 5.74) is 1.11. The number of hydrogen-bond donors (Lipinski definition) is 0. The topological polar surface area (TPSA) is 86.5 Å². The Bertz CT molecular complexity index is 627. The first-order valence-corrected chi connectivity index (χ1v) is 7.63. The quantitative estimate of drug-likeness (QED) is 0.472. The highest BCUT2D eigenvalue weighted by atomic mass is 35.7. The number of benzene rings is 1. The first-order chi connectivity index (χ1) is 8.77. The SMILES string of the molecule is Cc1cc([N+](=O)[O-])cc(S(=O)(=O)Cl)c1OC/C=C/Cl. The fourth-order valence-corrected chi connectivity index (χ4v) is 2.48. The summed E-state index contributed by atoms with van der Waals surface area (Å²) < 4.78 is 28.1. The number of halogens is 2. The van der Waals surface area contributed by atoms with Gasteiger partial charge in [-0.05, 0) is 18.6 Å². The molecular weight excluding hydrogens is 317 g/mol. The van der Waals surface area contributed by atoms with Gasteiger partial charge in [0.15, 0.2) is 0 Å². The highest BCUT2D eigenvalue weighted by Gasteiger charge is 2.23. The predicted molar refractivity (Wildman–Crippen MR) is 71.4 cm³/mol. The van der Waals surface area contributed by atoms with E-state index in [1.165, 1.54) is 24.6 Å². The van der Waals surface area contributed by atoms with Gasteiger partial charge in [0.05, 0.1) is 4.92 Å². The molecule has 0 bridgehead atoms. The van der Waals surface area contributed by atoms with Crippen LogP contribution in [0.5, 0.6) is 5.75 Å². The zero-order valence-electron chi connectivity index (χ0n) is 9.67. The maximum absolute atomic E-state index is 11.4. The molecule has 0 unspecified atom stereocenters. The monoisotopic (exact) mass is 325 g/mol. The molecule has 0 heterocycles. The number of aryl methyl sites for hydroxylation is 1. The minimum atomic E-state index is -4.16. The number of rotatable bonds is 5. The van der Waals surface area contributed by atoms with Gasteiger partial charge in [0.2, 0.25) is 0 Å². The minimum absolute atomic E-state index is 0.0154. The van der Waals surface area contributed by atoms with E-state index in [0.29, 0.717) is 0 Å². The predicted octanol–water partition coefficient (Wildman–Crippen LogP) is 2.96. The molecule has 104 valence electrons. The fourth-order valence-electron chi connectivity index (χ4n) is 1.36. The summed E-state index contributed by atoms with van der Waals surface area (Å²) in [4.78, 5) is 9.55. The minimum Gasteiger partial charge on any atom is -0.488 e. The summed E-state index contributed by atoms with van der Waals surface area (Å²) in [5, 5.41) is 10.7. The maximum atomic E-state index is 11.4. The fraction of sp³-hybridized carbons (Fsp3) is 0.200. The van der Waals surface area contributed by atoms with Crippen LogP contribution in [0.25, 0.3) is 0 Å². The molecule has 0 aliphatic rings. The summed E-state index contributed by atoms with van der Waals surface area (Å²) >= 11 is 5.31. The van der Waals surface area contributed by atoms with Gasteiger partial charge in [0.1, 0.15) is 17.3 Å². The normalized spacial score (nSPS) is 11.7. The van der Waals surface area contributed by atoms with Gasteiger partial charge in [-0.1, -0.05) is 11.6 Å². The lowest BCUT2D eigenvalue weighted by atomic mass is 10.2. The van der Waals surface area contributed by atoms with Crippen molar-refractivity contribution < 1.29 is 18.1 Å². The third-order valence-electron chi connectivity index (χ3n) is 2.11. The van der Waals surface area contributed by atoms with Crippen molar-refractivity contribution in [1.82, 2.24) is 0 Å². The number of nitro benzene ring substituents is 1. The van der Waals surface area contributed by atoms with Crippen molar-refractivity contribution in [3.8, 4) is 5.75 Å². The number of non-ortho nitro benzene ring substituents is 1. The lowest BCUT2D eigenvalue weighted by Crippen LogP contribution is -2.03. The molecule has 0 N–H and O–H groups in total. The maximum Gasteiger partial charge on any atom is 0.271 e. The van der Waals surface area contributed by atoms with E-state index in [9.17, 15) is 18.5 Å². The van der Waals surface area contributed by atoms with E-state index < -0.39 is 18.9 Å². The third kappa shape index (κ3) is 4.09. The lowest BCUT2D eigenvalue weighted by Gasteiger charge is -2.10. The second-order valence-electron chi connectivity index (χ2n) is 3.46. The zero-order valence-corrected chi connectivity index (χ0v) is 12.0. The Hall–Kier alpha value is -1.31. The summed E-state index contributed by atoms with van der Waals surface area (Å²) in [7, 11) is 1.09. The van der Waals surface area contributed by atoms with Crippen molar-refractivity contribution in [3.63, 3.8) is 0 Å². The second kappa shape index (κ2) is 6.23. The van der Waals surface area contributed by atoms with Crippen LogP contribution < -0.4 is 4.74 Å². The molecular formula is C10H9Cl2NO5S. The molecule has 1 aromatic carbocycles. The number of nitro groups is 1. The molecule has 19 heavy (non-hydrogen) atoms. The van der Waals surface area contributed by atoms with Gasteiger partial charge in [-0.2, -0.15) is 0 Å². The Kier molecular flexibility index (Phi) is 5.16. The van der Waals surface area contributed by atoms with Crippen molar-refractivity contribution in [3.05, 3.63) is 39.4 Å². The molecule has 0 amide bonds.